The van der Waals surface area contributed by atoms with Gasteiger partial charge in [-0.05, 0) is 25.1 Å². The third-order valence-electron chi connectivity index (χ3n) is 4.03. The fourth-order valence-electron chi connectivity index (χ4n) is 2.47. The molecule has 1 atom stereocenters. The van der Waals surface area contributed by atoms with Gasteiger partial charge in [-0.3, -0.25) is 9.59 Å². The first-order valence-electron chi connectivity index (χ1n) is 8.68. The summed E-state index contributed by atoms with van der Waals surface area (Å²) >= 11 is 12.5. The minimum absolute atomic E-state index is 0.0523. The molecule has 0 saturated heterocycles. The Balaban J connectivity index is 1.70. The van der Waals surface area contributed by atoms with Crippen LogP contribution in [0.15, 0.2) is 30.7 Å². The second-order valence-electron chi connectivity index (χ2n) is 6.33. The molecule has 32 heavy (non-hydrogen) atoms. The standard InChI is InChI=1S/C18H13Cl2F3N6O2S/c1-7(28-16(31)13-12(20)14(24)27-6-26-13)17-25-5-11(32-17)15(30)29-8-2-3-10(19)9(4-8)18(21,22)23/h2-7H,1H3,(H,28,31)(H,29,30)(H2,24,26,27)/t7-/m1/s1. The lowest BCUT2D eigenvalue weighted by atomic mass is 10.2. The molecule has 2 amide bonds. The van der Waals surface area contributed by atoms with Gasteiger partial charge in [-0.25, -0.2) is 15.0 Å². The van der Waals surface area contributed by atoms with Crippen LogP contribution in [0.4, 0.5) is 24.7 Å². The van der Waals surface area contributed by atoms with E-state index in [2.05, 4.69) is 25.6 Å². The van der Waals surface area contributed by atoms with E-state index in [-0.39, 0.29) is 27.1 Å². The predicted octanol–water partition coefficient (Wildman–Crippen LogP) is 4.58. The second kappa shape index (κ2) is 9.27. The molecule has 0 fully saturated rings. The number of amides is 2. The summed E-state index contributed by atoms with van der Waals surface area (Å²) < 4.78 is 39.0. The molecule has 4 N–H and O–H groups in total. The fraction of sp³-hybridized carbons (Fsp3) is 0.167. The molecule has 2 aromatic heterocycles. The molecule has 0 spiro atoms. The number of nitrogens with zero attached hydrogens (tertiary/aromatic N) is 3. The Morgan fingerprint density at radius 3 is 2.56 bits per heavy atom. The first-order valence-corrected chi connectivity index (χ1v) is 10.2. The zero-order chi connectivity index (χ0) is 23.6. The van der Waals surface area contributed by atoms with Gasteiger partial charge in [-0.15, -0.1) is 11.3 Å². The molecule has 0 unspecified atom stereocenters. The van der Waals surface area contributed by atoms with Crippen molar-refractivity contribution in [2.75, 3.05) is 11.1 Å². The van der Waals surface area contributed by atoms with Crippen molar-refractivity contribution in [3.8, 4) is 0 Å². The van der Waals surface area contributed by atoms with Crippen LogP contribution < -0.4 is 16.4 Å². The van der Waals surface area contributed by atoms with Gasteiger partial charge in [-0.1, -0.05) is 23.2 Å². The molecule has 0 aliphatic carbocycles. The van der Waals surface area contributed by atoms with Gasteiger partial charge in [0.2, 0.25) is 0 Å². The highest BCUT2D eigenvalue weighted by Gasteiger charge is 2.33. The Labute approximate surface area is 193 Å². The molecule has 8 nitrogen and oxygen atoms in total. The number of nitrogens with one attached hydrogen (secondary N) is 2. The molecule has 0 saturated carbocycles. The number of carbonyl (C=O) groups is 2. The molecule has 0 aliphatic heterocycles. The van der Waals surface area contributed by atoms with Gasteiger partial charge >= 0.3 is 6.18 Å². The van der Waals surface area contributed by atoms with Crippen LogP contribution in [0.5, 0.6) is 0 Å². The third kappa shape index (κ3) is 5.26. The van der Waals surface area contributed by atoms with E-state index in [1.807, 2.05) is 0 Å². The van der Waals surface area contributed by atoms with Gasteiger partial charge in [0.05, 0.1) is 22.8 Å². The highest BCUT2D eigenvalue weighted by Crippen LogP contribution is 2.36. The number of rotatable bonds is 5. The topological polar surface area (TPSA) is 123 Å². The van der Waals surface area contributed by atoms with Gasteiger partial charge < -0.3 is 16.4 Å². The molecule has 3 aromatic rings. The van der Waals surface area contributed by atoms with Crippen LogP contribution in [0.25, 0.3) is 0 Å². The van der Waals surface area contributed by atoms with E-state index in [9.17, 15) is 22.8 Å². The summed E-state index contributed by atoms with van der Waals surface area (Å²) in [5, 5.41) is 4.78. The summed E-state index contributed by atoms with van der Waals surface area (Å²) in [4.78, 5) is 36.5. The molecule has 0 bridgehead atoms. The number of thiazole rings is 1. The molecule has 0 aliphatic rings. The number of nitrogens with two attached hydrogens (primary N) is 1. The summed E-state index contributed by atoms with van der Waals surface area (Å²) in [6, 6.07) is 2.40. The first-order chi connectivity index (χ1) is 15.0. The Morgan fingerprint density at radius 1 is 1.16 bits per heavy atom. The maximum absolute atomic E-state index is 13.0. The normalized spacial score (nSPS) is 12.3. The third-order valence-corrected chi connectivity index (χ3v) is 5.91. The number of aromatic nitrogens is 3. The van der Waals surface area contributed by atoms with Crippen molar-refractivity contribution in [2.45, 2.75) is 19.1 Å². The number of benzene rings is 1. The Kier molecular flexibility index (Phi) is 6.86. The smallest absolute Gasteiger partial charge is 0.382 e. The number of alkyl halides is 3. The highest BCUT2D eigenvalue weighted by atomic mass is 35.5. The summed E-state index contributed by atoms with van der Waals surface area (Å²) in [5.74, 6) is -1.35. The number of carbonyl (C=O) groups excluding carboxylic acids is 2. The number of hydrogen-bond acceptors (Lipinski definition) is 7. The number of anilines is 2. The van der Waals surface area contributed by atoms with Gasteiger partial charge in [0.15, 0.2) is 5.69 Å². The van der Waals surface area contributed by atoms with E-state index >= 15 is 0 Å². The number of halogens is 5. The van der Waals surface area contributed by atoms with Crippen molar-refractivity contribution in [1.82, 2.24) is 20.3 Å². The summed E-state index contributed by atoms with van der Waals surface area (Å²) in [7, 11) is 0. The Bertz CT molecular complexity index is 1190. The zero-order valence-electron chi connectivity index (χ0n) is 16.0. The number of hydrogen-bond donors (Lipinski definition) is 3. The molecular formula is C18H13Cl2F3N6O2S. The minimum Gasteiger partial charge on any atom is -0.382 e. The lowest BCUT2D eigenvalue weighted by Crippen LogP contribution is -2.28. The average molecular weight is 505 g/mol. The molecule has 14 heteroatoms. The van der Waals surface area contributed by atoms with Crippen molar-refractivity contribution >= 4 is 57.9 Å². The van der Waals surface area contributed by atoms with Crippen LogP contribution in [0, 0.1) is 0 Å². The highest BCUT2D eigenvalue weighted by molar-refractivity contribution is 7.13. The van der Waals surface area contributed by atoms with Crippen molar-refractivity contribution < 1.29 is 22.8 Å². The molecule has 168 valence electrons. The SMILES string of the molecule is C[C@@H](NC(=O)c1ncnc(N)c1Cl)c1ncc(C(=O)Nc2ccc(Cl)c(C(F)(F)F)c2)s1. The van der Waals surface area contributed by atoms with Crippen LogP contribution in [-0.4, -0.2) is 26.8 Å². The van der Waals surface area contributed by atoms with Gasteiger partial charge in [0, 0.05) is 5.69 Å². The van der Waals surface area contributed by atoms with Gasteiger partial charge in [0.25, 0.3) is 11.8 Å². The van der Waals surface area contributed by atoms with E-state index in [4.69, 9.17) is 28.9 Å². The van der Waals surface area contributed by atoms with Crippen LogP contribution in [-0.2, 0) is 6.18 Å². The lowest BCUT2D eigenvalue weighted by molar-refractivity contribution is -0.137. The molecule has 2 heterocycles. The minimum atomic E-state index is -4.67. The monoisotopic (exact) mass is 504 g/mol. The quantitative estimate of drug-likeness (QED) is 0.467. The summed E-state index contributed by atoms with van der Waals surface area (Å²) in [5.41, 5.74) is 4.28. The van der Waals surface area contributed by atoms with E-state index in [0.717, 1.165) is 29.8 Å². The largest absolute Gasteiger partial charge is 0.417 e. The van der Waals surface area contributed by atoms with Crippen molar-refractivity contribution in [1.29, 1.82) is 0 Å². The van der Waals surface area contributed by atoms with Crippen LogP contribution >= 0.6 is 34.5 Å². The summed E-state index contributed by atoms with van der Waals surface area (Å²) in [6.07, 6.45) is -2.33. The molecule has 0 radical (unpaired) electrons. The van der Waals surface area contributed by atoms with E-state index in [1.165, 1.54) is 12.3 Å². The van der Waals surface area contributed by atoms with Crippen LogP contribution in [0.3, 0.4) is 0 Å². The average Bonchev–Trinajstić information content (AvgIpc) is 3.21. The van der Waals surface area contributed by atoms with Crippen molar-refractivity contribution in [3.63, 3.8) is 0 Å². The Morgan fingerprint density at radius 2 is 1.88 bits per heavy atom. The van der Waals surface area contributed by atoms with Crippen LogP contribution in [0.1, 0.15) is 43.7 Å². The van der Waals surface area contributed by atoms with Gasteiger partial charge in [-0.2, -0.15) is 13.2 Å². The Hall–Kier alpha value is -2.96. The van der Waals surface area contributed by atoms with Crippen molar-refractivity contribution in [2.24, 2.45) is 0 Å². The van der Waals surface area contributed by atoms with E-state index < -0.39 is 34.6 Å². The lowest BCUT2D eigenvalue weighted by Gasteiger charge is -2.12. The predicted molar refractivity (Wildman–Crippen MR) is 114 cm³/mol. The first kappa shape index (κ1) is 23.7. The molecule has 3 rings (SSSR count). The second-order valence-corrected chi connectivity index (χ2v) is 8.17. The van der Waals surface area contributed by atoms with E-state index in [0.29, 0.717) is 5.01 Å². The zero-order valence-corrected chi connectivity index (χ0v) is 18.3. The fourth-order valence-corrected chi connectivity index (χ4v) is 3.70. The summed E-state index contributed by atoms with van der Waals surface area (Å²) in [6.45, 7) is 1.62. The van der Waals surface area contributed by atoms with Crippen LogP contribution in [0.2, 0.25) is 10.0 Å². The number of nitrogen functional groups attached to an aromatic ring is 1. The molecule has 1 aromatic carbocycles. The maximum Gasteiger partial charge on any atom is 0.417 e. The molecular weight excluding hydrogens is 492 g/mol. The maximum atomic E-state index is 13.0. The van der Waals surface area contributed by atoms with E-state index in [1.54, 1.807) is 6.92 Å². The van der Waals surface area contributed by atoms with Crippen molar-refractivity contribution in [3.05, 3.63) is 61.9 Å². The van der Waals surface area contributed by atoms with Gasteiger partial charge in [0.1, 0.15) is 27.1 Å².